The second-order valence-electron chi connectivity index (χ2n) is 5.91. The van der Waals surface area contributed by atoms with Gasteiger partial charge in [0.15, 0.2) is 0 Å². The van der Waals surface area contributed by atoms with Crippen molar-refractivity contribution in [1.82, 2.24) is 9.80 Å². The first kappa shape index (κ1) is 15.8. The summed E-state index contributed by atoms with van der Waals surface area (Å²) in [5.74, 6) is -0.331. The van der Waals surface area contributed by atoms with Gasteiger partial charge in [0.05, 0.1) is 0 Å². The first-order valence-electron chi connectivity index (χ1n) is 7.06. The topological polar surface area (TPSA) is 60.9 Å². The molecule has 2 atom stereocenters. The van der Waals surface area contributed by atoms with Gasteiger partial charge in [-0.05, 0) is 38.5 Å². The highest BCUT2D eigenvalue weighted by atomic mass is 16.4. The molecule has 110 valence electrons. The van der Waals surface area contributed by atoms with Crippen LogP contribution in [0.2, 0.25) is 0 Å². The summed E-state index contributed by atoms with van der Waals surface area (Å²) in [5.41, 5.74) is 0. The molecule has 0 spiro atoms. The third-order valence-electron chi connectivity index (χ3n) is 4.11. The summed E-state index contributed by atoms with van der Waals surface area (Å²) < 4.78 is 0. The number of amides is 2. The van der Waals surface area contributed by atoms with E-state index < -0.39 is 5.97 Å². The summed E-state index contributed by atoms with van der Waals surface area (Å²) >= 11 is 0. The molecule has 0 radical (unpaired) electrons. The van der Waals surface area contributed by atoms with Crippen molar-refractivity contribution < 1.29 is 14.7 Å². The summed E-state index contributed by atoms with van der Waals surface area (Å²) in [6, 6.07) is 0.242. The Kier molecular flexibility index (Phi) is 5.63. The van der Waals surface area contributed by atoms with E-state index in [2.05, 4.69) is 0 Å². The Balaban J connectivity index is 2.59. The molecule has 0 aromatic carbocycles. The summed E-state index contributed by atoms with van der Waals surface area (Å²) in [6.07, 6.45) is 2.17. The Morgan fingerprint density at radius 2 is 2.00 bits per heavy atom. The Bertz CT molecular complexity index is 331. The highest BCUT2D eigenvalue weighted by Crippen LogP contribution is 2.26. The van der Waals surface area contributed by atoms with E-state index in [1.807, 2.05) is 32.7 Å². The molecular formula is C14H26N2O3. The van der Waals surface area contributed by atoms with Gasteiger partial charge in [-0.15, -0.1) is 0 Å². The van der Waals surface area contributed by atoms with Crippen LogP contribution in [0.3, 0.4) is 0 Å². The molecule has 2 unspecified atom stereocenters. The van der Waals surface area contributed by atoms with E-state index in [0.29, 0.717) is 12.5 Å². The molecule has 5 nitrogen and oxygen atoms in total. The smallest absolute Gasteiger partial charge is 0.319 e. The van der Waals surface area contributed by atoms with Crippen LogP contribution in [0.15, 0.2) is 0 Å². The number of urea groups is 1. The summed E-state index contributed by atoms with van der Waals surface area (Å²) in [5, 5.41) is 8.86. The number of aliphatic carboxylic acids is 1. The largest absolute Gasteiger partial charge is 0.481 e. The first-order valence-corrected chi connectivity index (χ1v) is 7.06. The van der Waals surface area contributed by atoms with Crippen LogP contribution in [0.25, 0.3) is 0 Å². The Hall–Kier alpha value is -1.26. The lowest BCUT2D eigenvalue weighted by Gasteiger charge is -2.38. The van der Waals surface area contributed by atoms with E-state index in [9.17, 15) is 9.59 Å². The zero-order valence-corrected chi connectivity index (χ0v) is 12.4. The number of hydrogen-bond donors (Lipinski definition) is 1. The maximum Gasteiger partial charge on any atom is 0.319 e. The molecule has 1 fully saturated rings. The standard InChI is InChI=1S/C14H26N2O3/c1-10(2)15(4)14(19)16-7-5-6-12(9-16)11(3)8-13(17)18/h10-12H,5-9H2,1-4H3,(H,17,18). The fourth-order valence-electron chi connectivity index (χ4n) is 2.53. The molecule has 1 saturated heterocycles. The fourth-order valence-corrected chi connectivity index (χ4v) is 2.53. The van der Waals surface area contributed by atoms with Crippen molar-refractivity contribution in [2.24, 2.45) is 11.8 Å². The fraction of sp³-hybridized carbons (Fsp3) is 0.857. The number of rotatable bonds is 4. The SMILES string of the molecule is CC(CC(=O)O)C1CCCN(C(=O)N(C)C(C)C)C1. The number of hydrogen-bond acceptors (Lipinski definition) is 2. The molecule has 1 rings (SSSR count). The van der Waals surface area contributed by atoms with Crippen LogP contribution in [-0.4, -0.2) is 53.1 Å². The molecule has 0 aromatic rings. The van der Waals surface area contributed by atoms with Crippen LogP contribution in [0.5, 0.6) is 0 Å². The van der Waals surface area contributed by atoms with Crippen LogP contribution < -0.4 is 0 Å². The molecule has 1 aliphatic heterocycles. The molecule has 1 N–H and O–H groups in total. The Morgan fingerprint density at radius 3 is 2.53 bits per heavy atom. The predicted molar refractivity (Wildman–Crippen MR) is 74.0 cm³/mol. The van der Waals surface area contributed by atoms with E-state index in [1.54, 1.807) is 4.90 Å². The normalized spacial score (nSPS) is 21.3. The van der Waals surface area contributed by atoms with Crippen molar-refractivity contribution in [3.8, 4) is 0 Å². The maximum atomic E-state index is 12.3. The minimum atomic E-state index is -0.754. The number of carbonyl (C=O) groups is 2. The van der Waals surface area contributed by atoms with E-state index in [0.717, 1.165) is 19.4 Å². The number of likely N-dealkylation sites (tertiary alicyclic amines) is 1. The minimum absolute atomic E-state index is 0.0576. The van der Waals surface area contributed by atoms with Gasteiger partial charge in [-0.3, -0.25) is 4.79 Å². The lowest BCUT2D eigenvalue weighted by Crippen LogP contribution is -2.49. The van der Waals surface area contributed by atoms with Crippen molar-refractivity contribution >= 4 is 12.0 Å². The Labute approximate surface area is 115 Å². The van der Waals surface area contributed by atoms with Gasteiger partial charge in [0.2, 0.25) is 0 Å². The lowest BCUT2D eigenvalue weighted by molar-refractivity contribution is -0.138. The third kappa shape index (κ3) is 4.40. The average molecular weight is 270 g/mol. The van der Waals surface area contributed by atoms with Gasteiger partial charge in [-0.1, -0.05) is 6.92 Å². The summed E-state index contributed by atoms with van der Waals surface area (Å²) in [4.78, 5) is 26.6. The minimum Gasteiger partial charge on any atom is -0.481 e. The highest BCUT2D eigenvalue weighted by molar-refractivity contribution is 5.74. The van der Waals surface area contributed by atoms with E-state index in [4.69, 9.17) is 5.11 Å². The molecular weight excluding hydrogens is 244 g/mol. The molecule has 1 heterocycles. The Morgan fingerprint density at radius 1 is 1.37 bits per heavy atom. The second kappa shape index (κ2) is 6.78. The van der Waals surface area contributed by atoms with Gasteiger partial charge < -0.3 is 14.9 Å². The zero-order valence-electron chi connectivity index (χ0n) is 12.4. The number of carbonyl (C=O) groups excluding carboxylic acids is 1. The number of piperidine rings is 1. The van der Waals surface area contributed by atoms with Crippen LogP contribution in [0.4, 0.5) is 4.79 Å². The van der Waals surface area contributed by atoms with Crippen molar-refractivity contribution in [3.05, 3.63) is 0 Å². The molecule has 0 bridgehead atoms. The number of carboxylic acid groups (broad SMARTS) is 1. The van der Waals surface area contributed by atoms with Gasteiger partial charge in [0, 0.05) is 32.6 Å². The average Bonchev–Trinajstić information content (AvgIpc) is 2.36. The van der Waals surface area contributed by atoms with Crippen LogP contribution in [0, 0.1) is 11.8 Å². The molecule has 0 aliphatic carbocycles. The van der Waals surface area contributed by atoms with Crippen molar-refractivity contribution in [1.29, 1.82) is 0 Å². The van der Waals surface area contributed by atoms with Crippen LogP contribution in [-0.2, 0) is 4.79 Å². The molecule has 1 aliphatic rings. The van der Waals surface area contributed by atoms with Gasteiger partial charge in [-0.25, -0.2) is 4.79 Å². The molecule has 0 saturated carbocycles. The predicted octanol–water partition coefficient (Wildman–Crippen LogP) is 2.27. The quantitative estimate of drug-likeness (QED) is 0.852. The van der Waals surface area contributed by atoms with Crippen LogP contribution >= 0.6 is 0 Å². The van der Waals surface area contributed by atoms with Gasteiger partial charge >= 0.3 is 12.0 Å². The van der Waals surface area contributed by atoms with E-state index >= 15 is 0 Å². The van der Waals surface area contributed by atoms with Gasteiger partial charge in [0.25, 0.3) is 0 Å². The van der Waals surface area contributed by atoms with Gasteiger partial charge in [-0.2, -0.15) is 0 Å². The lowest BCUT2D eigenvalue weighted by atomic mass is 9.85. The number of nitrogens with zero attached hydrogens (tertiary/aromatic N) is 2. The summed E-state index contributed by atoms with van der Waals surface area (Å²) in [6.45, 7) is 7.42. The van der Waals surface area contributed by atoms with Gasteiger partial charge in [0.1, 0.15) is 0 Å². The summed E-state index contributed by atoms with van der Waals surface area (Å²) in [7, 11) is 1.82. The van der Waals surface area contributed by atoms with E-state index in [1.165, 1.54) is 0 Å². The molecule has 19 heavy (non-hydrogen) atoms. The van der Waals surface area contributed by atoms with Crippen molar-refractivity contribution in [3.63, 3.8) is 0 Å². The monoisotopic (exact) mass is 270 g/mol. The second-order valence-corrected chi connectivity index (χ2v) is 5.91. The first-order chi connectivity index (χ1) is 8.82. The molecule has 0 aromatic heterocycles. The highest BCUT2D eigenvalue weighted by Gasteiger charge is 2.30. The maximum absolute atomic E-state index is 12.3. The molecule has 5 heteroatoms. The van der Waals surface area contributed by atoms with Crippen molar-refractivity contribution in [2.45, 2.75) is 46.1 Å². The third-order valence-corrected chi connectivity index (χ3v) is 4.11. The number of carboxylic acids is 1. The van der Waals surface area contributed by atoms with Crippen LogP contribution in [0.1, 0.15) is 40.0 Å². The zero-order chi connectivity index (χ0) is 14.6. The van der Waals surface area contributed by atoms with E-state index in [-0.39, 0.29) is 24.4 Å². The molecule has 2 amide bonds. The van der Waals surface area contributed by atoms with Crippen molar-refractivity contribution in [2.75, 3.05) is 20.1 Å².